The number of amides is 1. The molecule has 0 bridgehead atoms. The van der Waals surface area contributed by atoms with E-state index in [9.17, 15) is 9.18 Å². The summed E-state index contributed by atoms with van der Waals surface area (Å²) < 4.78 is 13.4. The summed E-state index contributed by atoms with van der Waals surface area (Å²) >= 11 is 0. The van der Waals surface area contributed by atoms with Crippen LogP contribution in [0.25, 0.3) is 11.1 Å². The van der Waals surface area contributed by atoms with Crippen molar-refractivity contribution >= 4 is 11.9 Å². The Morgan fingerprint density at radius 1 is 1.13 bits per heavy atom. The first-order valence-corrected chi connectivity index (χ1v) is 10.2. The number of nitrogens with one attached hydrogen (secondary N) is 1. The third kappa shape index (κ3) is 4.82. The van der Waals surface area contributed by atoms with E-state index in [-0.39, 0.29) is 17.6 Å². The van der Waals surface area contributed by atoms with Crippen LogP contribution in [-0.2, 0) is 11.3 Å². The number of carbonyl (C=O) groups excluding carboxylic acids is 1. The van der Waals surface area contributed by atoms with E-state index in [1.165, 1.54) is 17.7 Å². The number of hydrogen-bond acceptors (Lipinski definition) is 4. The summed E-state index contributed by atoms with van der Waals surface area (Å²) in [6, 6.07) is 14.6. The van der Waals surface area contributed by atoms with Crippen LogP contribution in [0.4, 0.5) is 10.3 Å². The fourth-order valence-corrected chi connectivity index (χ4v) is 3.71. The number of nitrogens with zero attached hydrogens (tertiary/aromatic N) is 3. The van der Waals surface area contributed by atoms with Crippen molar-refractivity contribution in [1.29, 1.82) is 0 Å². The first-order valence-electron chi connectivity index (χ1n) is 10.2. The lowest BCUT2D eigenvalue weighted by Crippen LogP contribution is -2.43. The second-order valence-electron chi connectivity index (χ2n) is 7.77. The fourth-order valence-electron chi connectivity index (χ4n) is 3.71. The Hall–Kier alpha value is -3.28. The molecule has 1 aliphatic rings. The van der Waals surface area contributed by atoms with Crippen molar-refractivity contribution in [3.8, 4) is 11.1 Å². The molecule has 1 saturated heterocycles. The number of aryl methyl sites for hydroxylation is 1. The van der Waals surface area contributed by atoms with Crippen LogP contribution in [0.15, 0.2) is 60.9 Å². The number of piperidine rings is 1. The molecule has 1 aromatic heterocycles. The number of anilines is 1. The quantitative estimate of drug-likeness (QED) is 0.695. The van der Waals surface area contributed by atoms with E-state index in [4.69, 9.17) is 0 Å². The minimum atomic E-state index is -0.285. The number of hydrogen-bond donors (Lipinski definition) is 1. The van der Waals surface area contributed by atoms with Gasteiger partial charge in [0.05, 0.1) is 5.92 Å². The van der Waals surface area contributed by atoms with Gasteiger partial charge < -0.3 is 10.2 Å². The van der Waals surface area contributed by atoms with Crippen molar-refractivity contribution < 1.29 is 9.18 Å². The molecule has 0 radical (unpaired) electrons. The summed E-state index contributed by atoms with van der Waals surface area (Å²) in [4.78, 5) is 23.7. The van der Waals surface area contributed by atoms with Gasteiger partial charge in [0.25, 0.3) is 0 Å². The zero-order valence-corrected chi connectivity index (χ0v) is 17.0. The van der Waals surface area contributed by atoms with Crippen LogP contribution in [0.5, 0.6) is 0 Å². The van der Waals surface area contributed by atoms with Crippen molar-refractivity contribution in [2.24, 2.45) is 5.92 Å². The van der Waals surface area contributed by atoms with E-state index in [1.807, 2.05) is 25.1 Å². The van der Waals surface area contributed by atoms with Gasteiger partial charge in [-0.1, -0.05) is 42.0 Å². The fraction of sp³-hybridized carbons (Fsp3) is 0.292. The Morgan fingerprint density at radius 3 is 2.63 bits per heavy atom. The molecule has 0 aliphatic carbocycles. The molecule has 4 rings (SSSR count). The van der Waals surface area contributed by atoms with E-state index in [1.54, 1.807) is 18.5 Å². The zero-order chi connectivity index (χ0) is 20.9. The molecular formula is C24H25FN4O. The molecule has 1 fully saturated rings. The third-order valence-electron chi connectivity index (χ3n) is 5.46. The summed E-state index contributed by atoms with van der Waals surface area (Å²) in [5.74, 6) is 0.297. The monoisotopic (exact) mass is 404 g/mol. The lowest BCUT2D eigenvalue weighted by molar-refractivity contribution is -0.125. The molecule has 1 aliphatic heterocycles. The second-order valence-corrected chi connectivity index (χ2v) is 7.77. The van der Waals surface area contributed by atoms with Gasteiger partial charge in [-0.25, -0.2) is 14.4 Å². The maximum Gasteiger partial charge on any atom is 0.225 e. The van der Waals surface area contributed by atoms with E-state index in [2.05, 4.69) is 32.3 Å². The van der Waals surface area contributed by atoms with Crippen LogP contribution in [0.3, 0.4) is 0 Å². The predicted molar refractivity (Wildman–Crippen MR) is 115 cm³/mol. The molecule has 1 N–H and O–H groups in total. The van der Waals surface area contributed by atoms with Gasteiger partial charge in [0.2, 0.25) is 11.9 Å². The summed E-state index contributed by atoms with van der Waals surface area (Å²) in [5.41, 5.74) is 3.81. The summed E-state index contributed by atoms with van der Waals surface area (Å²) in [5, 5.41) is 3.05. The molecule has 2 heterocycles. The van der Waals surface area contributed by atoms with E-state index in [0.29, 0.717) is 19.0 Å². The van der Waals surface area contributed by atoms with Crippen LogP contribution in [-0.4, -0.2) is 29.0 Å². The second kappa shape index (κ2) is 9.03. The van der Waals surface area contributed by atoms with E-state index >= 15 is 0 Å². The maximum atomic E-state index is 13.4. The molecular weight excluding hydrogens is 379 g/mol. The molecule has 3 aromatic rings. The Kier molecular flexibility index (Phi) is 6.02. The normalized spacial score (nSPS) is 16.3. The van der Waals surface area contributed by atoms with Crippen LogP contribution < -0.4 is 10.2 Å². The van der Waals surface area contributed by atoms with E-state index < -0.39 is 0 Å². The molecule has 1 amide bonds. The minimum Gasteiger partial charge on any atom is -0.352 e. The van der Waals surface area contributed by atoms with Crippen LogP contribution in [0.1, 0.15) is 24.0 Å². The van der Waals surface area contributed by atoms with Crippen LogP contribution in [0.2, 0.25) is 0 Å². The van der Waals surface area contributed by atoms with Gasteiger partial charge in [-0.3, -0.25) is 4.79 Å². The highest BCUT2D eigenvalue weighted by Gasteiger charge is 2.27. The predicted octanol–water partition coefficient (Wildman–Crippen LogP) is 4.12. The molecule has 0 spiro atoms. The molecule has 0 unspecified atom stereocenters. The lowest BCUT2D eigenvalue weighted by atomic mass is 9.97. The van der Waals surface area contributed by atoms with Crippen LogP contribution >= 0.6 is 0 Å². The average Bonchev–Trinajstić information content (AvgIpc) is 2.79. The average molecular weight is 404 g/mol. The Balaban J connectivity index is 1.37. The van der Waals surface area contributed by atoms with Crippen molar-refractivity contribution in [2.75, 3.05) is 18.0 Å². The molecule has 5 nitrogen and oxygen atoms in total. The number of carbonyl (C=O) groups is 1. The highest BCUT2D eigenvalue weighted by Crippen LogP contribution is 2.23. The molecule has 154 valence electrons. The van der Waals surface area contributed by atoms with Crippen molar-refractivity contribution in [2.45, 2.75) is 26.3 Å². The first kappa shape index (κ1) is 20.0. The topological polar surface area (TPSA) is 58.1 Å². The van der Waals surface area contributed by atoms with Gasteiger partial charge in [-0.05, 0) is 43.0 Å². The van der Waals surface area contributed by atoms with Gasteiger partial charge in [0.15, 0.2) is 0 Å². The number of halogens is 1. The summed E-state index contributed by atoms with van der Waals surface area (Å²) in [6.07, 6.45) is 5.19. The largest absolute Gasteiger partial charge is 0.352 e. The van der Waals surface area contributed by atoms with Crippen molar-refractivity contribution in [3.63, 3.8) is 0 Å². The van der Waals surface area contributed by atoms with Crippen molar-refractivity contribution in [3.05, 3.63) is 77.9 Å². The lowest BCUT2D eigenvalue weighted by Gasteiger charge is -2.32. The molecule has 1 atom stereocenters. The smallest absolute Gasteiger partial charge is 0.225 e. The standard InChI is InChI=1S/C24H25FN4O/c1-17-7-9-18(10-8-17)13-26-23(30)20-5-3-11-29(16-20)24-27-14-21(15-28-24)19-4-2-6-22(25)12-19/h2,4,6-10,12,14-15,20H,3,5,11,13,16H2,1H3,(H,26,30)/t20-/m0/s1. The maximum absolute atomic E-state index is 13.4. The Morgan fingerprint density at radius 2 is 1.90 bits per heavy atom. The number of rotatable bonds is 5. The molecule has 6 heteroatoms. The first-order chi connectivity index (χ1) is 14.6. The van der Waals surface area contributed by atoms with Crippen molar-refractivity contribution in [1.82, 2.24) is 15.3 Å². The SMILES string of the molecule is Cc1ccc(CNC(=O)[C@H]2CCCN(c3ncc(-c4cccc(F)c4)cn3)C2)cc1. The van der Waals surface area contributed by atoms with Gasteiger partial charge >= 0.3 is 0 Å². The van der Waals surface area contributed by atoms with Gasteiger partial charge in [0.1, 0.15) is 5.82 Å². The molecule has 30 heavy (non-hydrogen) atoms. The highest BCUT2D eigenvalue weighted by atomic mass is 19.1. The third-order valence-corrected chi connectivity index (χ3v) is 5.46. The summed E-state index contributed by atoms with van der Waals surface area (Å²) in [6.45, 7) is 4.00. The van der Waals surface area contributed by atoms with Gasteiger partial charge in [-0.2, -0.15) is 0 Å². The minimum absolute atomic E-state index is 0.0663. The Bertz CT molecular complexity index is 1000. The number of benzene rings is 2. The Labute approximate surface area is 176 Å². The summed E-state index contributed by atoms with van der Waals surface area (Å²) in [7, 11) is 0. The molecule has 0 saturated carbocycles. The van der Waals surface area contributed by atoms with E-state index in [0.717, 1.165) is 36.1 Å². The van der Waals surface area contributed by atoms with Crippen LogP contribution in [0, 0.1) is 18.7 Å². The number of aromatic nitrogens is 2. The highest BCUT2D eigenvalue weighted by molar-refractivity contribution is 5.79. The van der Waals surface area contributed by atoms with Gasteiger partial charge in [-0.15, -0.1) is 0 Å². The molecule has 2 aromatic carbocycles. The van der Waals surface area contributed by atoms with Gasteiger partial charge in [0, 0.05) is 37.6 Å². The zero-order valence-electron chi connectivity index (χ0n) is 17.0.